The van der Waals surface area contributed by atoms with Gasteiger partial charge in [-0.3, -0.25) is 9.79 Å². The van der Waals surface area contributed by atoms with Crippen LogP contribution in [0, 0.1) is 11.8 Å². The molecule has 7 nitrogen and oxygen atoms in total. The summed E-state index contributed by atoms with van der Waals surface area (Å²) in [6.45, 7) is 6.39. The average Bonchev–Trinajstić information content (AvgIpc) is 3.06. The molecule has 0 radical (unpaired) electrons. The van der Waals surface area contributed by atoms with Crippen LogP contribution in [0.25, 0.3) is 0 Å². The summed E-state index contributed by atoms with van der Waals surface area (Å²) in [6.07, 6.45) is 0.440. The van der Waals surface area contributed by atoms with Gasteiger partial charge in [0.25, 0.3) is 0 Å². The van der Waals surface area contributed by atoms with Crippen LogP contribution >= 0.6 is 0 Å². The molecule has 2 atom stereocenters. The van der Waals surface area contributed by atoms with Crippen LogP contribution in [0.2, 0.25) is 0 Å². The molecule has 8 heteroatoms. The minimum atomic E-state index is -3.29. The lowest BCUT2D eigenvalue weighted by atomic mass is 9.99. The number of aliphatic imine (C=N–C) groups is 1. The van der Waals surface area contributed by atoms with Crippen molar-refractivity contribution in [3.8, 4) is 0 Å². The summed E-state index contributed by atoms with van der Waals surface area (Å²) in [5.74, 6) is 0.584. The van der Waals surface area contributed by atoms with Gasteiger partial charge < -0.3 is 15.0 Å². The van der Waals surface area contributed by atoms with Crippen LogP contribution < -0.4 is 5.32 Å². The standard InChI is InChI=1S/C19H29N3O4S/c1-4-20-19(22-13-15(2)17(14-22)18(23)26-3)21-11-8-12-27(24,25)16-9-6-5-7-10-16/h5-7,9-10,15,17H,4,8,11-14H2,1-3H3,(H,20,21). The van der Waals surface area contributed by atoms with Crippen LogP contribution in [0.15, 0.2) is 40.2 Å². The molecule has 2 unspecified atom stereocenters. The average molecular weight is 396 g/mol. The normalized spacial score (nSPS) is 20.6. The Hall–Kier alpha value is -2.09. The molecule has 1 aliphatic heterocycles. The van der Waals surface area contributed by atoms with E-state index in [2.05, 4.69) is 10.3 Å². The fourth-order valence-corrected chi connectivity index (χ4v) is 4.53. The zero-order valence-electron chi connectivity index (χ0n) is 16.2. The van der Waals surface area contributed by atoms with E-state index in [0.717, 1.165) is 0 Å². The van der Waals surface area contributed by atoms with Gasteiger partial charge in [-0.05, 0) is 31.4 Å². The molecule has 1 N–H and O–H groups in total. The number of benzene rings is 1. The summed E-state index contributed by atoms with van der Waals surface area (Å²) < 4.78 is 29.5. The number of nitrogens with zero attached hydrogens (tertiary/aromatic N) is 2. The van der Waals surface area contributed by atoms with E-state index in [-0.39, 0.29) is 23.6 Å². The Balaban J connectivity index is 1.95. The summed E-state index contributed by atoms with van der Waals surface area (Å²) in [5, 5.41) is 3.23. The van der Waals surface area contributed by atoms with Crippen LogP contribution in [-0.4, -0.2) is 64.3 Å². The van der Waals surface area contributed by atoms with E-state index < -0.39 is 9.84 Å². The zero-order valence-corrected chi connectivity index (χ0v) is 17.0. The molecule has 1 fully saturated rings. The Morgan fingerprint density at radius 2 is 2.00 bits per heavy atom. The topological polar surface area (TPSA) is 88.1 Å². The molecular formula is C19H29N3O4S. The molecule has 1 aromatic rings. The lowest BCUT2D eigenvalue weighted by Crippen LogP contribution is -2.40. The van der Waals surface area contributed by atoms with Crippen LogP contribution in [0.5, 0.6) is 0 Å². The van der Waals surface area contributed by atoms with Crippen molar-refractivity contribution in [3.05, 3.63) is 30.3 Å². The van der Waals surface area contributed by atoms with Gasteiger partial charge >= 0.3 is 5.97 Å². The first-order chi connectivity index (χ1) is 12.9. The molecule has 0 aliphatic carbocycles. The Morgan fingerprint density at radius 3 is 2.63 bits per heavy atom. The number of carbonyl (C=O) groups is 1. The molecule has 0 spiro atoms. The van der Waals surface area contributed by atoms with Crippen LogP contribution in [0.1, 0.15) is 20.3 Å². The third-order valence-corrected chi connectivity index (χ3v) is 6.50. The van der Waals surface area contributed by atoms with E-state index in [1.54, 1.807) is 30.3 Å². The smallest absolute Gasteiger partial charge is 0.310 e. The lowest BCUT2D eigenvalue weighted by Gasteiger charge is -2.21. The fourth-order valence-electron chi connectivity index (χ4n) is 3.21. The second-order valence-electron chi connectivity index (χ2n) is 6.73. The monoisotopic (exact) mass is 395 g/mol. The van der Waals surface area contributed by atoms with Crippen molar-refractivity contribution in [3.63, 3.8) is 0 Å². The van der Waals surface area contributed by atoms with Gasteiger partial charge in [-0.15, -0.1) is 0 Å². The van der Waals surface area contributed by atoms with Crippen LogP contribution in [0.3, 0.4) is 0 Å². The van der Waals surface area contributed by atoms with Crippen LogP contribution in [0.4, 0.5) is 0 Å². The second-order valence-corrected chi connectivity index (χ2v) is 8.84. The lowest BCUT2D eigenvalue weighted by molar-refractivity contribution is -0.145. The minimum absolute atomic E-state index is 0.0567. The molecule has 150 valence electrons. The Bertz CT molecular complexity index is 749. The maximum Gasteiger partial charge on any atom is 0.310 e. The number of rotatable bonds is 7. The van der Waals surface area contributed by atoms with E-state index in [1.807, 2.05) is 18.7 Å². The van der Waals surface area contributed by atoms with Gasteiger partial charge in [0.1, 0.15) is 0 Å². The SMILES string of the molecule is CCNC(=NCCCS(=O)(=O)c1ccccc1)N1CC(C)C(C(=O)OC)C1. The molecule has 27 heavy (non-hydrogen) atoms. The predicted octanol–water partition coefficient (Wildman–Crippen LogP) is 1.56. The van der Waals surface area contributed by atoms with Crippen molar-refractivity contribution < 1.29 is 17.9 Å². The molecule has 0 amide bonds. The molecule has 1 aliphatic rings. The molecule has 0 saturated carbocycles. The molecule has 1 aromatic carbocycles. The molecule has 1 heterocycles. The van der Waals surface area contributed by atoms with Crippen molar-refractivity contribution in [2.75, 3.05) is 39.0 Å². The number of sulfone groups is 1. The van der Waals surface area contributed by atoms with Crippen molar-refractivity contribution in [1.29, 1.82) is 0 Å². The van der Waals surface area contributed by atoms with E-state index in [1.165, 1.54) is 7.11 Å². The fraction of sp³-hybridized carbons (Fsp3) is 0.579. The van der Waals surface area contributed by atoms with E-state index in [9.17, 15) is 13.2 Å². The van der Waals surface area contributed by atoms with Gasteiger partial charge in [-0.25, -0.2) is 8.42 Å². The number of methoxy groups -OCH3 is 1. The molecule has 0 aromatic heterocycles. The van der Waals surface area contributed by atoms with Gasteiger partial charge in [0.2, 0.25) is 0 Å². The number of hydrogen-bond acceptors (Lipinski definition) is 5. The first kappa shape index (κ1) is 21.2. The first-order valence-corrected chi connectivity index (χ1v) is 10.9. The number of likely N-dealkylation sites (tertiary alicyclic amines) is 1. The quantitative estimate of drug-likeness (QED) is 0.326. The number of nitrogens with one attached hydrogen (secondary N) is 1. The molecular weight excluding hydrogens is 366 g/mol. The van der Waals surface area contributed by atoms with Crippen molar-refractivity contribution in [1.82, 2.24) is 10.2 Å². The van der Waals surface area contributed by atoms with Crippen molar-refractivity contribution in [2.24, 2.45) is 16.8 Å². The van der Waals surface area contributed by atoms with Gasteiger partial charge in [0.15, 0.2) is 15.8 Å². The highest BCUT2D eigenvalue weighted by atomic mass is 32.2. The summed E-state index contributed by atoms with van der Waals surface area (Å²) in [4.78, 5) is 18.8. The van der Waals surface area contributed by atoms with E-state index in [0.29, 0.717) is 43.5 Å². The van der Waals surface area contributed by atoms with E-state index in [4.69, 9.17) is 4.74 Å². The number of esters is 1. The molecule has 1 saturated heterocycles. The third kappa shape index (κ3) is 5.69. The van der Waals surface area contributed by atoms with Crippen molar-refractivity contribution >= 4 is 21.8 Å². The summed E-state index contributed by atoms with van der Waals surface area (Å²) in [7, 11) is -1.88. The van der Waals surface area contributed by atoms with Gasteiger partial charge in [-0.2, -0.15) is 0 Å². The highest BCUT2D eigenvalue weighted by molar-refractivity contribution is 7.91. The number of ether oxygens (including phenoxy) is 1. The van der Waals surface area contributed by atoms with Gasteiger partial charge in [-0.1, -0.05) is 25.1 Å². The zero-order chi connectivity index (χ0) is 19.9. The molecule has 2 rings (SSSR count). The summed E-state index contributed by atoms with van der Waals surface area (Å²) >= 11 is 0. The minimum Gasteiger partial charge on any atom is -0.469 e. The predicted molar refractivity (Wildman–Crippen MR) is 105 cm³/mol. The highest BCUT2D eigenvalue weighted by Crippen LogP contribution is 2.24. The first-order valence-electron chi connectivity index (χ1n) is 9.28. The van der Waals surface area contributed by atoms with Gasteiger partial charge in [0.05, 0.1) is 23.7 Å². The van der Waals surface area contributed by atoms with Gasteiger partial charge in [0, 0.05) is 26.2 Å². The van der Waals surface area contributed by atoms with Crippen molar-refractivity contribution in [2.45, 2.75) is 25.2 Å². The summed E-state index contributed by atoms with van der Waals surface area (Å²) in [5.41, 5.74) is 0. The van der Waals surface area contributed by atoms with Crippen LogP contribution in [-0.2, 0) is 19.4 Å². The Kier molecular flexibility index (Phi) is 7.65. The molecule has 0 bridgehead atoms. The maximum absolute atomic E-state index is 12.3. The number of guanidine groups is 1. The second kappa shape index (κ2) is 9.73. The Labute approximate surface area is 161 Å². The van der Waals surface area contributed by atoms with E-state index >= 15 is 0 Å². The third-order valence-electron chi connectivity index (χ3n) is 4.69. The number of carbonyl (C=O) groups excluding carboxylic acids is 1. The maximum atomic E-state index is 12.3. The number of hydrogen-bond donors (Lipinski definition) is 1. The largest absolute Gasteiger partial charge is 0.469 e. The Morgan fingerprint density at radius 1 is 1.30 bits per heavy atom. The highest BCUT2D eigenvalue weighted by Gasteiger charge is 2.36. The summed E-state index contributed by atoms with van der Waals surface area (Å²) in [6, 6.07) is 8.47.